The van der Waals surface area contributed by atoms with Gasteiger partial charge in [-0.15, -0.1) is 0 Å². The van der Waals surface area contributed by atoms with Crippen molar-refractivity contribution in [2.24, 2.45) is 0 Å². The molecule has 1 aromatic carbocycles. The highest BCUT2D eigenvalue weighted by molar-refractivity contribution is 6.29. The Labute approximate surface area is 115 Å². The number of hydrogen-bond donors (Lipinski definition) is 0. The van der Waals surface area contributed by atoms with Crippen molar-refractivity contribution in [3.63, 3.8) is 0 Å². The second kappa shape index (κ2) is 4.45. The number of alkyl halides is 3. The number of halogens is 4. The number of nitrogens with zero attached hydrogens (tertiary/aromatic N) is 4. The fourth-order valence-electron chi connectivity index (χ4n) is 1.80. The standard InChI is InChI=1S/C12H6ClF3N4/c13-9-5-10(19-11(18-9)12(14,15)16)20-8-4-2-1-3-7(8)6-17-20/h1-6H. The molecule has 0 unspecified atom stereocenters. The third kappa shape index (κ3) is 2.20. The number of hydrogen-bond acceptors (Lipinski definition) is 3. The van der Waals surface area contributed by atoms with Crippen molar-refractivity contribution in [3.05, 3.63) is 47.5 Å². The zero-order valence-electron chi connectivity index (χ0n) is 9.76. The summed E-state index contributed by atoms with van der Waals surface area (Å²) in [5, 5.41) is 4.53. The molecule has 102 valence electrons. The smallest absolute Gasteiger partial charge is 0.215 e. The monoisotopic (exact) mass is 298 g/mol. The van der Waals surface area contributed by atoms with Crippen LogP contribution in [0.25, 0.3) is 16.7 Å². The van der Waals surface area contributed by atoms with E-state index in [0.717, 1.165) is 5.39 Å². The highest BCUT2D eigenvalue weighted by Crippen LogP contribution is 2.28. The fraction of sp³-hybridized carbons (Fsp3) is 0.0833. The van der Waals surface area contributed by atoms with E-state index in [1.54, 1.807) is 24.4 Å². The normalized spacial score (nSPS) is 12.0. The van der Waals surface area contributed by atoms with Crippen LogP contribution in [0.5, 0.6) is 0 Å². The number of aromatic nitrogens is 4. The van der Waals surface area contributed by atoms with Crippen molar-refractivity contribution < 1.29 is 13.2 Å². The summed E-state index contributed by atoms with van der Waals surface area (Å²) < 4.78 is 39.4. The van der Waals surface area contributed by atoms with Gasteiger partial charge in [0.2, 0.25) is 5.82 Å². The van der Waals surface area contributed by atoms with Gasteiger partial charge in [-0.05, 0) is 6.07 Å². The molecule has 0 fully saturated rings. The van der Waals surface area contributed by atoms with E-state index in [-0.39, 0.29) is 11.0 Å². The van der Waals surface area contributed by atoms with Crippen LogP contribution in [0.4, 0.5) is 13.2 Å². The predicted molar refractivity (Wildman–Crippen MR) is 66.7 cm³/mol. The number of benzene rings is 1. The minimum atomic E-state index is -4.66. The largest absolute Gasteiger partial charge is 0.451 e. The topological polar surface area (TPSA) is 43.6 Å². The lowest BCUT2D eigenvalue weighted by Crippen LogP contribution is -2.13. The maximum absolute atomic E-state index is 12.7. The van der Waals surface area contributed by atoms with Gasteiger partial charge in [0.05, 0.1) is 11.7 Å². The van der Waals surface area contributed by atoms with Crippen molar-refractivity contribution in [2.45, 2.75) is 6.18 Å². The molecule has 0 bridgehead atoms. The van der Waals surface area contributed by atoms with Gasteiger partial charge in [-0.3, -0.25) is 0 Å². The molecule has 3 aromatic rings. The molecule has 0 radical (unpaired) electrons. The molecule has 0 aliphatic heterocycles. The van der Waals surface area contributed by atoms with Gasteiger partial charge >= 0.3 is 6.18 Å². The first-order valence-corrected chi connectivity index (χ1v) is 5.88. The molecule has 4 nitrogen and oxygen atoms in total. The van der Waals surface area contributed by atoms with Crippen LogP contribution in [0.3, 0.4) is 0 Å². The quantitative estimate of drug-likeness (QED) is 0.646. The number of fused-ring (bicyclic) bond motifs is 1. The third-order valence-electron chi connectivity index (χ3n) is 2.63. The molecule has 0 N–H and O–H groups in total. The fourth-order valence-corrected chi connectivity index (χ4v) is 1.97. The maximum Gasteiger partial charge on any atom is 0.451 e. The Hall–Kier alpha value is -2.15. The number of rotatable bonds is 1. The van der Waals surface area contributed by atoms with E-state index in [1.165, 1.54) is 10.7 Å². The van der Waals surface area contributed by atoms with Crippen LogP contribution >= 0.6 is 11.6 Å². The minimum Gasteiger partial charge on any atom is -0.215 e. The molecule has 0 amide bonds. The average molecular weight is 299 g/mol. The van der Waals surface area contributed by atoms with Crippen molar-refractivity contribution >= 4 is 22.5 Å². The molecular weight excluding hydrogens is 293 g/mol. The van der Waals surface area contributed by atoms with Crippen molar-refractivity contribution in [1.29, 1.82) is 0 Å². The maximum atomic E-state index is 12.7. The Morgan fingerprint density at radius 2 is 1.85 bits per heavy atom. The van der Waals surface area contributed by atoms with E-state index < -0.39 is 12.0 Å². The van der Waals surface area contributed by atoms with Crippen molar-refractivity contribution in [2.75, 3.05) is 0 Å². The molecule has 0 atom stereocenters. The van der Waals surface area contributed by atoms with Crippen LogP contribution in [0.2, 0.25) is 5.15 Å². The highest BCUT2D eigenvalue weighted by atomic mass is 35.5. The van der Waals surface area contributed by atoms with Gasteiger partial charge in [-0.2, -0.15) is 18.3 Å². The van der Waals surface area contributed by atoms with E-state index >= 15 is 0 Å². The van der Waals surface area contributed by atoms with E-state index in [4.69, 9.17) is 11.6 Å². The van der Waals surface area contributed by atoms with Crippen LogP contribution in [-0.2, 0) is 6.18 Å². The molecule has 0 aliphatic carbocycles. The summed E-state index contributed by atoms with van der Waals surface area (Å²) in [5.74, 6) is -1.32. The predicted octanol–water partition coefficient (Wildman–Crippen LogP) is 3.49. The summed E-state index contributed by atoms with van der Waals surface area (Å²) in [6.07, 6.45) is -3.12. The Balaban J connectivity index is 2.22. The third-order valence-corrected chi connectivity index (χ3v) is 2.82. The van der Waals surface area contributed by atoms with Crippen LogP contribution in [0, 0.1) is 0 Å². The summed E-state index contributed by atoms with van der Waals surface area (Å²) in [5.41, 5.74) is 0.635. The van der Waals surface area contributed by atoms with Crippen LogP contribution in [0.1, 0.15) is 5.82 Å². The Morgan fingerprint density at radius 3 is 2.60 bits per heavy atom. The Kier molecular flexibility index (Phi) is 2.86. The van der Waals surface area contributed by atoms with E-state index in [1.807, 2.05) is 6.07 Å². The summed E-state index contributed by atoms with van der Waals surface area (Å²) in [6, 6.07) is 8.32. The zero-order chi connectivity index (χ0) is 14.3. The molecule has 20 heavy (non-hydrogen) atoms. The Bertz CT molecular complexity index is 782. The van der Waals surface area contributed by atoms with Gasteiger partial charge in [0, 0.05) is 11.5 Å². The van der Waals surface area contributed by atoms with E-state index in [2.05, 4.69) is 15.1 Å². The van der Waals surface area contributed by atoms with Gasteiger partial charge in [-0.1, -0.05) is 29.8 Å². The second-order valence-corrected chi connectivity index (χ2v) is 4.37. The summed E-state index contributed by atoms with van der Waals surface area (Å²) >= 11 is 5.63. The lowest BCUT2D eigenvalue weighted by Gasteiger charge is -2.08. The molecule has 2 aromatic heterocycles. The summed E-state index contributed by atoms with van der Waals surface area (Å²) in [7, 11) is 0. The van der Waals surface area contributed by atoms with Gasteiger partial charge in [-0.25, -0.2) is 14.6 Å². The minimum absolute atomic E-state index is 0.0291. The SMILES string of the molecule is FC(F)(F)c1nc(Cl)cc(-n2ncc3ccccc32)n1. The molecule has 3 rings (SSSR count). The van der Waals surface area contributed by atoms with E-state index in [0.29, 0.717) is 5.52 Å². The molecule has 0 saturated carbocycles. The molecule has 2 heterocycles. The van der Waals surface area contributed by atoms with Crippen LogP contribution < -0.4 is 0 Å². The van der Waals surface area contributed by atoms with Gasteiger partial charge in [0.1, 0.15) is 5.15 Å². The molecule has 0 aliphatic rings. The summed E-state index contributed by atoms with van der Waals surface area (Å²) in [6.45, 7) is 0. The molecule has 0 saturated heterocycles. The summed E-state index contributed by atoms with van der Waals surface area (Å²) in [4.78, 5) is 6.66. The van der Waals surface area contributed by atoms with Gasteiger partial charge in [0.15, 0.2) is 5.82 Å². The first-order chi connectivity index (χ1) is 9.45. The Morgan fingerprint density at radius 1 is 1.10 bits per heavy atom. The molecule has 0 spiro atoms. The van der Waals surface area contributed by atoms with Gasteiger partial charge in [0.25, 0.3) is 0 Å². The second-order valence-electron chi connectivity index (χ2n) is 3.99. The first kappa shape index (κ1) is 12.9. The van der Waals surface area contributed by atoms with Crippen LogP contribution in [0.15, 0.2) is 36.5 Å². The highest BCUT2D eigenvalue weighted by Gasteiger charge is 2.35. The van der Waals surface area contributed by atoms with Crippen molar-refractivity contribution in [3.8, 4) is 5.82 Å². The average Bonchev–Trinajstić information content (AvgIpc) is 2.80. The lowest BCUT2D eigenvalue weighted by molar-refractivity contribution is -0.145. The zero-order valence-corrected chi connectivity index (χ0v) is 10.5. The first-order valence-electron chi connectivity index (χ1n) is 5.50. The van der Waals surface area contributed by atoms with E-state index in [9.17, 15) is 13.2 Å². The van der Waals surface area contributed by atoms with Gasteiger partial charge < -0.3 is 0 Å². The lowest BCUT2D eigenvalue weighted by atomic mass is 10.2. The number of para-hydroxylation sites is 1. The molecule has 8 heteroatoms. The molecular formula is C12H6ClF3N4. The van der Waals surface area contributed by atoms with Crippen LogP contribution in [-0.4, -0.2) is 19.7 Å². The van der Waals surface area contributed by atoms with Crippen molar-refractivity contribution in [1.82, 2.24) is 19.7 Å².